The van der Waals surface area contributed by atoms with Crippen molar-refractivity contribution in [3.63, 3.8) is 0 Å². The zero-order chi connectivity index (χ0) is 10.3. The number of ether oxygens (including phenoxy) is 1. The first-order valence-corrected chi connectivity index (χ1v) is 4.66. The van der Waals surface area contributed by atoms with Gasteiger partial charge in [-0.1, -0.05) is 24.6 Å². The number of hydrogen-bond donors (Lipinski definition) is 1. The van der Waals surface area contributed by atoms with Crippen LogP contribution in [0.25, 0.3) is 0 Å². The molecule has 1 aromatic carbocycles. The molecule has 1 aliphatic rings. The molecule has 74 valence electrons. The summed E-state index contributed by atoms with van der Waals surface area (Å²) in [6.45, 7) is 3.98. The summed E-state index contributed by atoms with van der Waals surface area (Å²) in [6.07, 6.45) is -0.508. The molecule has 1 aromatic rings. The van der Waals surface area contributed by atoms with Crippen LogP contribution in [0.4, 0.5) is 0 Å². The number of fused-ring (bicyclic) bond motifs is 1. The Kier molecular flexibility index (Phi) is 1.95. The number of carbonyl (C=O) groups excluding carboxylic acids is 1. The number of carbonyl (C=O) groups is 1. The second-order valence-electron chi connectivity index (χ2n) is 3.77. The SMILES string of the molecule is Cc1ccc2c(c1)C(C)C(C(N)=O)O2. The van der Waals surface area contributed by atoms with Gasteiger partial charge in [0.15, 0.2) is 6.10 Å². The van der Waals surface area contributed by atoms with Crippen LogP contribution in [0.5, 0.6) is 5.75 Å². The van der Waals surface area contributed by atoms with Gasteiger partial charge in [0, 0.05) is 11.5 Å². The highest BCUT2D eigenvalue weighted by Crippen LogP contribution is 2.38. The minimum Gasteiger partial charge on any atom is -0.480 e. The first-order chi connectivity index (χ1) is 6.59. The third kappa shape index (κ3) is 1.25. The summed E-state index contributed by atoms with van der Waals surface area (Å²) >= 11 is 0. The average Bonchev–Trinajstić information content (AvgIpc) is 2.44. The van der Waals surface area contributed by atoms with Gasteiger partial charge in [0.25, 0.3) is 5.91 Å². The zero-order valence-corrected chi connectivity index (χ0v) is 8.28. The molecule has 0 aliphatic carbocycles. The number of rotatable bonds is 1. The predicted octanol–water partition coefficient (Wildman–Crippen LogP) is 1.34. The molecule has 3 heteroatoms. The number of hydrogen-bond acceptors (Lipinski definition) is 2. The first-order valence-electron chi connectivity index (χ1n) is 4.66. The summed E-state index contributed by atoms with van der Waals surface area (Å²) < 4.78 is 5.46. The lowest BCUT2D eigenvalue weighted by molar-refractivity contribution is -0.124. The Bertz CT molecular complexity index is 387. The van der Waals surface area contributed by atoms with Crippen LogP contribution in [0, 0.1) is 6.92 Å². The van der Waals surface area contributed by atoms with Crippen molar-refractivity contribution in [3.05, 3.63) is 29.3 Å². The molecule has 2 atom stereocenters. The van der Waals surface area contributed by atoms with Gasteiger partial charge >= 0.3 is 0 Å². The van der Waals surface area contributed by atoms with E-state index < -0.39 is 12.0 Å². The Balaban J connectivity index is 2.41. The van der Waals surface area contributed by atoms with Crippen molar-refractivity contribution in [1.29, 1.82) is 0 Å². The van der Waals surface area contributed by atoms with Crippen molar-refractivity contribution < 1.29 is 9.53 Å². The van der Waals surface area contributed by atoms with Gasteiger partial charge in [0.1, 0.15) is 5.75 Å². The molecular weight excluding hydrogens is 178 g/mol. The minimum absolute atomic E-state index is 0.0578. The quantitative estimate of drug-likeness (QED) is 0.728. The standard InChI is InChI=1S/C11H13NO2/c1-6-3-4-9-8(5-6)7(2)10(14-9)11(12)13/h3-5,7,10H,1-2H3,(H2,12,13). The van der Waals surface area contributed by atoms with Crippen LogP contribution in [0.3, 0.4) is 0 Å². The van der Waals surface area contributed by atoms with E-state index in [1.54, 1.807) is 0 Å². The molecule has 3 nitrogen and oxygen atoms in total. The Morgan fingerprint density at radius 2 is 2.21 bits per heavy atom. The lowest BCUT2D eigenvalue weighted by Crippen LogP contribution is -2.34. The van der Waals surface area contributed by atoms with E-state index in [2.05, 4.69) is 0 Å². The monoisotopic (exact) mass is 191 g/mol. The molecule has 1 heterocycles. The predicted molar refractivity (Wildman–Crippen MR) is 53.2 cm³/mol. The van der Waals surface area contributed by atoms with Crippen LogP contribution < -0.4 is 10.5 Å². The molecule has 0 spiro atoms. The third-order valence-electron chi connectivity index (χ3n) is 2.64. The molecular formula is C11H13NO2. The highest BCUT2D eigenvalue weighted by Gasteiger charge is 2.34. The minimum atomic E-state index is -0.508. The van der Waals surface area contributed by atoms with E-state index >= 15 is 0 Å². The number of primary amides is 1. The van der Waals surface area contributed by atoms with Gasteiger partial charge in [-0.05, 0) is 13.0 Å². The molecule has 2 rings (SSSR count). The zero-order valence-electron chi connectivity index (χ0n) is 8.28. The highest BCUT2D eigenvalue weighted by molar-refractivity contribution is 5.81. The summed E-state index contributed by atoms with van der Waals surface area (Å²) in [5.41, 5.74) is 7.49. The van der Waals surface area contributed by atoms with Crippen molar-refractivity contribution >= 4 is 5.91 Å². The van der Waals surface area contributed by atoms with E-state index in [9.17, 15) is 4.79 Å². The molecule has 0 saturated heterocycles. The maximum atomic E-state index is 11.1. The fraction of sp³-hybridized carbons (Fsp3) is 0.364. The van der Waals surface area contributed by atoms with Crippen molar-refractivity contribution in [2.75, 3.05) is 0 Å². The summed E-state index contributed by atoms with van der Waals surface area (Å²) in [4.78, 5) is 11.1. The van der Waals surface area contributed by atoms with E-state index in [4.69, 9.17) is 10.5 Å². The van der Waals surface area contributed by atoms with Crippen molar-refractivity contribution in [2.45, 2.75) is 25.9 Å². The van der Waals surface area contributed by atoms with Gasteiger partial charge in [-0.15, -0.1) is 0 Å². The summed E-state index contributed by atoms with van der Waals surface area (Å²) in [5, 5.41) is 0. The molecule has 0 saturated carbocycles. The van der Waals surface area contributed by atoms with Gasteiger partial charge in [-0.25, -0.2) is 0 Å². The van der Waals surface area contributed by atoms with E-state index in [0.29, 0.717) is 0 Å². The largest absolute Gasteiger partial charge is 0.480 e. The van der Waals surface area contributed by atoms with E-state index in [0.717, 1.165) is 11.3 Å². The van der Waals surface area contributed by atoms with Crippen molar-refractivity contribution in [2.24, 2.45) is 5.73 Å². The molecule has 0 radical (unpaired) electrons. The van der Waals surface area contributed by atoms with Crippen LogP contribution in [-0.2, 0) is 4.79 Å². The van der Waals surface area contributed by atoms with Crippen LogP contribution >= 0.6 is 0 Å². The van der Waals surface area contributed by atoms with Gasteiger partial charge in [-0.2, -0.15) is 0 Å². The molecule has 0 aromatic heterocycles. The van der Waals surface area contributed by atoms with Gasteiger partial charge in [-0.3, -0.25) is 4.79 Å². The maximum absolute atomic E-state index is 11.1. The van der Waals surface area contributed by atoms with Gasteiger partial charge in [0.2, 0.25) is 0 Å². The van der Waals surface area contributed by atoms with Gasteiger partial charge in [0.05, 0.1) is 0 Å². The fourth-order valence-corrected chi connectivity index (χ4v) is 1.84. The lowest BCUT2D eigenvalue weighted by atomic mass is 9.96. The number of aryl methyl sites for hydroxylation is 1. The first kappa shape index (κ1) is 9.06. The Morgan fingerprint density at radius 1 is 1.50 bits per heavy atom. The van der Waals surface area contributed by atoms with Crippen LogP contribution in [0.1, 0.15) is 24.0 Å². The Morgan fingerprint density at radius 3 is 2.86 bits per heavy atom. The summed E-state index contributed by atoms with van der Waals surface area (Å²) in [7, 11) is 0. The molecule has 0 bridgehead atoms. The Labute approximate surface area is 82.9 Å². The van der Waals surface area contributed by atoms with Crippen LogP contribution in [-0.4, -0.2) is 12.0 Å². The molecule has 1 amide bonds. The second kappa shape index (κ2) is 3.01. The van der Waals surface area contributed by atoms with Crippen LogP contribution in [0.2, 0.25) is 0 Å². The molecule has 2 unspecified atom stereocenters. The van der Waals surface area contributed by atoms with E-state index in [1.165, 1.54) is 5.56 Å². The normalized spacial score (nSPS) is 24.1. The summed E-state index contributed by atoms with van der Waals surface area (Å²) in [5.74, 6) is 0.445. The third-order valence-corrected chi connectivity index (χ3v) is 2.64. The lowest BCUT2D eigenvalue weighted by Gasteiger charge is -2.09. The molecule has 14 heavy (non-hydrogen) atoms. The van der Waals surface area contributed by atoms with E-state index in [1.807, 2.05) is 32.0 Å². The number of amides is 1. The topological polar surface area (TPSA) is 52.3 Å². The van der Waals surface area contributed by atoms with Crippen molar-refractivity contribution in [1.82, 2.24) is 0 Å². The molecule has 0 fully saturated rings. The van der Waals surface area contributed by atoms with Crippen LogP contribution in [0.15, 0.2) is 18.2 Å². The smallest absolute Gasteiger partial charge is 0.259 e. The Hall–Kier alpha value is -1.51. The van der Waals surface area contributed by atoms with Gasteiger partial charge < -0.3 is 10.5 Å². The number of nitrogens with two attached hydrogens (primary N) is 1. The average molecular weight is 191 g/mol. The second-order valence-corrected chi connectivity index (χ2v) is 3.77. The van der Waals surface area contributed by atoms with E-state index in [-0.39, 0.29) is 5.92 Å². The highest BCUT2D eigenvalue weighted by atomic mass is 16.5. The molecule has 2 N–H and O–H groups in total. The maximum Gasteiger partial charge on any atom is 0.259 e. The fourth-order valence-electron chi connectivity index (χ4n) is 1.84. The number of benzene rings is 1. The molecule has 1 aliphatic heterocycles. The summed E-state index contributed by atoms with van der Waals surface area (Å²) in [6, 6.07) is 5.90. The van der Waals surface area contributed by atoms with Crippen molar-refractivity contribution in [3.8, 4) is 5.75 Å².